The average Bonchev–Trinajstić information content (AvgIpc) is 3.21. The predicted molar refractivity (Wildman–Crippen MR) is 123 cm³/mol. The molecule has 2 heterocycles. The van der Waals surface area contributed by atoms with Crippen LogP contribution in [-0.2, 0) is 19.4 Å². The lowest BCUT2D eigenvalue weighted by atomic mass is 10.1. The van der Waals surface area contributed by atoms with Crippen LogP contribution in [0.3, 0.4) is 0 Å². The molecule has 1 aromatic heterocycles. The molecule has 0 radical (unpaired) electrons. The number of ether oxygens (including phenoxy) is 2. The number of carbonyl (C=O) groups is 2. The number of nitrogens with zero attached hydrogens (tertiary/aromatic N) is 2. The van der Waals surface area contributed by atoms with Crippen molar-refractivity contribution in [1.82, 2.24) is 5.16 Å². The molecule has 0 saturated carbocycles. The summed E-state index contributed by atoms with van der Waals surface area (Å²) in [6.07, 6.45) is -0.358. The molecule has 1 atom stereocenters. The zero-order valence-electron chi connectivity index (χ0n) is 18.8. The molecule has 0 bridgehead atoms. The second-order valence-electron chi connectivity index (χ2n) is 7.67. The van der Waals surface area contributed by atoms with Gasteiger partial charge in [-0.25, -0.2) is 8.42 Å². The van der Waals surface area contributed by atoms with Gasteiger partial charge < -0.3 is 24.2 Å². The molecule has 0 spiro atoms. The van der Waals surface area contributed by atoms with Gasteiger partial charge in [-0.05, 0) is 36.8 Å². The molecule has 178 valence electrons. The van der Waals surface area contributed by atoms with Crippen LogP contribution in [0.4, 0.5) is 11.5 Å². The Morgan fingerprint density at radius 3 is 2.56 bits per heavy atom. The normalized spacial score (nSPS) is 17.0. The number of aryl methyl sites for hydroxylation is 1. The monoisotopic (exact) mass is 485 g/mol. The highest BCUT2D eigenvalue weighted by Gasteiger charge is 2.40. The van der Waals surface area contributed by atoms with Crippen molar-refractivity contribution in [1.29, 1.82) is 0 Å². The quantitative estimate of drug-likeness (QED) is 0.564. The number of rotatable bonds is 6. The van der Waals surface area contributed by atoms with Crippen molar-refractivity contribution in [3.63, 3.8) is 0 Å². The van der Waals surface area contributed by atoms with E-state index in [-0.39, 0.29) is 22.8 Å². The van der Waals surface area contributed by atoms with E-state index in [9.17, 15) is 18.0 Å². The number of fused-ring (bicyclic) bond motifs is 1. The fourth-order valence-corrected chi connectivity index (χ4v) is 5.77. The van der Waals surface area contributed by atoms with Crippen molar-refractivity contribution in [2.75, 3.05) is 31.0 Å². The maximum Gasteiger partial charge on any atom is 0.245 e. The van der Waals surface area contributed by atoms with Crippen LogP contribution >= 0.6 is 0 Å². The van der Waals surface area contributed by atoms with Crippen molar-refractivity contribution in [2.24, 2.45) is 0 Å². The Kier molecular flexibility index (Phi) is 6.29. The molecule has 1 N–H and O–H groups in total. The largest absolute Gasteiger partial charge is 0.493 e. The molecular weight excluding hydrogens is 462 g/mol. The first-order valence-electron chi connectivity index (χ1n) is 10.3. The molecule has 1 aliphatic heterocycles. The number of aromatic nitrogens is 1. The van der Waals surface area contributed by atoms with E-state index in [0.29, 0.717) is 22.8 Å². The third-order valence-corrected chi connectivity index (χ3v) is 7.62. The van der Waals surface area contributed by atoms with Crippen molar-refractivity contribution in [3.05, 3.63) is 59.9 Å². The summed E-state index contributed by atoms with van der Waals surface area (Å²) in [5.74, 6) is 0.437. The van der Waals surface area contributed by atoms with E-state index < -0.39 is 33.4 Å². The Labute approximate surface area is 196 Å². The minimum atomic E-state index is -3.99. The number of sulfone groups is 1. The summed E-state index contributed by atoms with van der Waals surface area (Å²) < 4.78 is 42.8. The van der Waals surface area contributed by atoms with E-state index in [1.165, 1.54) is 37.3 Å². The van der Waals surface area contributed by atoms with Crippen LogP contribution in [0.1, 0.15) is 23.0 Å². The molecule has 2 aromatic carbocycles. The molecule has 1 aliphatic rings. The molecule has 3 aromatic rings. The fourth-order valence-electron chi connectivity index (χ4n) is 3.86. The number of hydrogen-bond acceptors (Lipinski definition) is 8. The summed E-state index contributed by atoms with van der Waals surface area (Å²) in [5, 5.41) is 5.09. The third-order valence-electron chi connectivity index (χ3n) is 5.47. The number of para-hydroxylation sites is 1. The number of anilines is 2. The number of nitrogens with one attached hydrogen (secondary N) is 1. The smallest absolute Gasteiger partial charge is 0.245 e. The van der Waals surface area contributed by atoms with Crippen molar-refractivity contribution >= 4 is 33.2 Å². The standard InChI is InChI=1S/C23H23N3O7S/c1-14-10-21(25-33-14)24-22(27)13-26-16-6-4-5-7-19(16)34(29,30)20(12-23(26)28)15-8-9-17(31-2)18(11-15)32-3/h4-11,20H,12-13H2,1-3H3,(H,24,25,27). The van der Waals surface area contributed by atoms with Crippen LogP contribution in [-0.4, -0.2) is 46.2 Å². The number of amides is 2. The van der Waals surface area contributed by atoms with Gasteiger partial charge in [0.15, 0.2) is 27.2 Å². The molecule has 0 fully saturated rings. The summed E-state index contributed by atoms with van der Waals surface area (Å²) in [6.45, 7) is 1.28. The molecule has 34 heavy (non-hydrogen) atoms. The van der Waals surface area contributed by atoms with E-state index >= 15 is 0 Å². The maximum absolute atomic E-state index is 13.7. The molecule has 0 aliphatic carbocycles. The summed E-state index contributed by atoms with van der Waals surface area (Å²) in [5.41, 5.74) is 0.520. The average molecular weight is 486 g/mol. The zero-order valence-corrected chi connectivity index (χ0v) is 19.6. The first kappa shape index (κ1) is 23.3. The number of benzene rings is 2. The minimum absolute atomic E-state index is 0.0364. The summed E-state index contributed by atoms with van der Waals surface area (Å²) in [4.78, 5) is 27.1. The van der Waals surface area contributed by atoms with Crippen LogP contribution in [0.2, 0.25) is 0 Å². The van der Waals surface area contributed by atoms with Gasteiger partial charge in [-0.1, -0.05) is 23.4 Å². The van der Waals surface area contributed by atoms with Crippen LogP contribution in [0.15, 0.2) is 57.9 Å². The second kappa shape index (κ2) is 9.18. The Balaban J connectivity index is 1.72. The molecule has 4 rings (SSSR count). The minimum Gasteiger partial charge on any atom is -0.493 e. The van der Waals surface area contributed by atoms with Gasteiger partial charge in [0.1, 0.15) is 12.3 Å². The molecular formula is C23H23N3O7S. The van der Waals surface area contributed by atoms with Gasteiger partial charge in [0.25, 0.3) is 0 Å². The third kappa shape index (κ3) is 4.34. The summed E-state index contributed by atoms with van der Waals surface area (Å²) >= 11 is 0. The first-order chi connectivity index (χ1) is 16.2. The van der Waals surface area contributed by atoms with Gasteiger partial charge in [-0.2, -0.15) is 0 Å². The van der Waals surface area contributed by atoms with Gasteiger partial charge >= 0.3 is 0 Å². The Bertz CT molecular complexity index is 1350. The van der Waals surface area contributed by atoms with Crippen LogP contribution in [0, 0.1) is 6.92 Å². The van der Waals surface area contributed by atoms with Crippen LogP contribution in [0.25, 0.3) is 0 Å². The van der Waals surface area contributed by atoms with E-state index in [1.807, 2.05) is 0 Å². The maximum atomic E-state index is 13.7. The van der Waals surface area contributed by atoms with E-state index in [0.717, 1.165) is 0 Å². The molecule has 10 nitrogen and oxygen atoms in total. The Hall–Kier alpha value is -3.86. The van der Waals surface area contributed by atoms with E-state index in [2.05, 4.69) is 10.5 Å². The van der Waals surface area contributed by atoms with Crippen LogP contribution < -0.4 is 19.7 Å². The topological polar surface area (TPSA) is 128 Å². The molecule has 1 unspecified atom stereocenters. The van der Waals surface area contributed by atoms with Gasteiger partial charge in [0.05, 0.1) is 30.1 Å². The highest BCUT2D eigenvalue weighted by atomic mass is 32.2. The number of hydrogen-bond donors (Lipinski definition) is 1. The van der Waals surface area contributed by atoms with Crippen LogP contribution in [0.5, 0.6) is 11.5 Å². The molecule has 2 amide bonds. The zero-order chi connectivity index (χ0) is 24.5. The van der Waals surface area contributed by atoms with E-state index in [4.69, 9.17) is 14.0 Å². The summed E-state index contributed by atoms with van der Waals surface area (Å²) in [7, 11) is -1.07. The SMILES string of the molecule is COc1ccc(C2CC(=O)N(CC(=O)Nc3cc(C)on3)c3ccccc3S2(=O)=O)cc1OC. The fraction of sp³-hybridized carbons (Fsp3) is 0.261. The Morgan fingerprint density at radius 2 is 1.88 bits per heavy atom. The van der Waals surface area contributed by atoms with Gasteiger partial charge in [0, 0.05) is 12.5 Å². The molecule has 11 heteroatoms. The summed E-state index contributed by atoms with van der Waals surface area (Å²) in [6, 6.07) is 12.4. The first-order valence-corrected chi connectivity index (χ1v) is 11.9. The highest BCUT2D eigenvalue weighted by molar-refractivity contribution is 7.92. The lowest BCUT2D eigenvalue weighted by Gasteiger charge is -2.21. The second-order valence-corrected chi connectivity index (χ2v) is 9.77. The van der Waals surface area contributed by atoms with Gasteiger partial charge in [-0.15, -0.1) is 0 Å². The highest BCUT2D eigenvalue weighted by Crippen LogP contribution is 2.42. The van der Waals surface area contributed by atoms with Gasteiger partial charge in [0.2, 0.25) is 11.8 Å². The van der Waals surface area contributed by atoms with Gasteiger partial charge in [-0.3, -0.25) is 9.59 Å². The number of methoxy groups -OCH3 is 2. The van der Waals surface area contributed by atoms with Crippen molar-refractivity contribution in [3.8, 4) is 11.5 Å². The predicted octanol–water partition coefficient (Wildman–Crippen LogP) is 2.89. The lowest BCUT2D eigenvalue weighted by Crippen LogP contribution is -2.38. The van der Waals surface area contributed by atoms with Crippen molar-refractivity contribution in [2.45, 2.75) is 23.5 Å². The molecule has 0 saturated heterocycles. The number of carbonyl (C=O) groups excluding carboxylic acids is 2. The van der Waals surface area contributed by atoms with E-state index in [1.54, 1.807) is 37.3 Å². The van der Waals surface area contributed by atoms with Crippen molar-refractivity contribution < 1.29 is 32.0 Å². The Morgan fingerprint density at radius 1 is 1.15 bits per heavy atom. The lowest BCUT2D eigenvalue weighted by molar-refractivity contribution is -0.121.